The summed E-state index contributed by atoms with van der Waals surface area (Å²) in [6.07, 6.45) is -0.278. The van der Waals surface area contributed by atoms with Gasteiger partial charge in [0.05, 0.1) is 16.4 Å². The number of benzene rings is 2. The van der Waals surface area contributed by atoms with Crippen LogP contribution >= 0.6 is 11.6 Å². The van der Waals surface area contributed by atoms with Crippen molar-refractivity contribution < 1.29 is 14.5 Å². The average molecular weight is 455 g/mol. The summed E-state index contributed by atoms with van der Waals surface area (Å²) in [7, 11) is 0. The van der Waals surface area contributed by atoms with Crippen molar-refractivity contribution in [2.45, 2.75) is 12.3 Å². The molecule has 1 aliphatic heterocycles. The Morgan fingerprint density at radius 2 is 1.91 bits per heavy atom. The molecule has 0 saturated carbocycles. The molecule has 0 saturated heterocycles. The van der Waals surface area contributed by atoms with E-state index in [2.05, 4.69) is 25.9 Å². The molecule has 3 aromatic rings. The number of hydrogen-bond acceptors (Lipinski definition) is 7. The maximum absolute atomic E-state index is 12.9. The Morgan fingerprint density at radius 3 is 2.66 bits per heavy atom. The van der Waals surface area contributed by atoms with E-state index in [1.165, 1.54) is 24.3 Å². The van der Waals surface area contributed by atoms with E-state index in [0.717, 1.165) is 0 Å². The van der Waals surface area contributed by atoms with Gasteiger partial charge in [-0.2, -0.15) is 4.98 Å². The molecular weight excluding hydrogens is 440 g/mol. The highest BCUT2D eigenvalue weighted by atomic mass is 35.5. The van der Waals surface area contributed by atoms with Crippen LogP contribution in [0.2, 0.25) is 5.02 Å². The number of rotatable bonds is 5. The standard InChI is InChI=1S/C20H15ClN6O5/c21-10-3-1-4-11(7-10)23-20-25-17-16(19(30)26-20)14(9-15(28)24-17)18(29)22-12-5-2-6-13(8-12)27(31)32/h1-8,14H,9H2,(H,22,29)(H3,23,24,25,26,28,30)/t14-/m0/s1. The minimum absolute atomic E-state index is 0.0100. The van der Waals surface area contributed by atoms with Gasteiger partial charge in [-0.25, -0.2) is 0 Å². The quantitative estimate of drug-likeness (QED) is 0.340. The van der Waals surface area contributed by atoms with Gasteiger partial charge in [0.25, 0.3) is 11.2 Å². The highest BCUT2D eigenvalue weighted by Gasteiger charge is 2.35. The van der Waals surface area contributed by atoms with Gasteiger partial charge >= 0.3 is 0 Å². The smallest absolute Gasteiger partial charge is 0.271 e. The Hall–Kier alpha value is -4.25. The first kappa shape index (κ1) is 21.0. The van der Waals surface area contributed by atoms with Gasteiger partial charge in [-0.15, -0.1) is 0 Å². The zero-order chi connectivity index (χ0) is 22.8. The van der Waals surface area contributed by atoms with Gasteiger partial charge in [0.15, 0.2) is 0 Å². The number of non-ortho nitro benzene ring substituents is 1. The molecule has 4 rings (SSSR count). The normalized spacial score (nSPS) is 14.8. The molecule has 0 fully saturated rings. The molecule has 0 unspecified atom stereocenters. The Bertz CT molecular complexity index is 1310. The molecular formula is C20H15ClN6O5. The Morgan fingerprint density at radius 1 is 1.16 bits per heavy atom. The number of amides is 2. The number of aromatic amines is 1. The zero-order valence-corrected chi connectivity index (χ0v) is 17.0. The Balaban J connectivity index is 1.63. The SMILES string of the molecule is O=C1C[C@H](C(=O)Nc2cccc([N+](=O)[O-])c2)c2c(nc(Nc3cccc(Cl)c3)[nH]c2=O)N1. The zero-order valence-electron chi connectivity index (χ0n) is 16.2. The van der Waals surface area contributed by atoms with Gasteiger partial charge < -0.3 is 16.0 Å². The van der Waals surface area contributed by atoms with Crippen molar-refractivity contribution in [1.29, 1.82) is 0 Å². The van der Waals surface area contributed by atoms with Crippen molar-refractivity contribution in [3.05, 3.63) is 79.6 Å². The van der Waals surface area contributed by atoms with Gasteiger partial charge in [-0.3, -0.25) is 29.5 Å². The predicted molar refractivity (Wildman–Crippen MR) is 117 cm³/mol. The van der Waals surface area contributed by atoms with Crippen LogP contribution in [0, 0.1) is 10.1 Å². The fraction of sp³-hybridized carbons (Fsp3) is 0.100. The molecule has 1 aliphatic rings. The average Bonchev–Trinajstić information content (AvgIpc) is 2.73. The van der Waals surface area contributed by atoms with Crippen LogP contribution in [0.4, 0.5) is 28.8 Å². The number of H-pyrrole nitrogens is 1. The fourth-order valence-electron chi connectivity index (χ4n) is 3.28. The van der Waals surface area contributed by atoms with Crippen LogP contribution in [0.1, 0.15) is 17.9 Å². The largest absolute Gasteiger partial charge is 0.326 e. The van der Waals surface area contributed by atoms with E-state index in [1.54, 1.807) is 24.3 Å². The van der Waals surface area contributed by atoms with Crippen LogP contribution in [-0.4, -0.2) is 26.7 Å². The minimum Gasteiger partial charge on any atom is -0.326 e. The lowest BCUT2D eigenvalue weighted by atomic mass is 9.92. The number of carbonyl (C=O) groups is 2. The number of nitrogens with one attached hydrogen (secondary N) is 4. The summed E-state index contributed by atoms with van der Waals surface area (Å²) in [5.41, 5.74) is -0.105. The highest BCUT2D eigenvalue weighted by Crippen LogP contribution is 2.30. The van der Waals surface area contributed by atoms with Crippen LogP contribution in [0.15, 0.2) is 53.3 Å². The van der Waals surface area contributed by atoms with Gasteiger partial charge in [-0.1, -0.05) is 23.7 Å². The Labute approximate surface area is 185 Å². The van der Waals surface area contributed by atoms with Crippen molar-refractivity contribution in [3.63, 3.8) is 0 Å². The third-order valence-corrected chi connectivity index (χ3v) is 4.91. The molecule has 1 atom stereocenters. The molecule has 0 spiro atoms. The number of anilines is 4. The molecule has 162 valence electrons. The summed E-state index contributed by atoms with van der Waals surface area (Å²) in [5.74, 6) is -2.28. The summed E-state index contributed by atoms with van der Waals surface area (Å²) < 4.78 is 0. The second kappa shape index (κ2) is 8.47. The monoisotopic (exact) mass is 454 g/mol. The Kier molecular flexibility index (Phi) is 5.56. The molecule has 0 bridgehead atoms. The molecule has 2 aromatic carbocycles. The van der Waals surface area contributed by atoms with Crippen molar-refractivity contribution in [1.82, 2.24) is 9.97 Å². The molecule has 32 heavy (non-hydrogen) atoms. The third kappa shape index (κ3) is 4.42. The molecule has 1 aromatic heterocycles. The molecule has 11 nitrogen and oxygen atoms in total. The number of nitro benzene ring substituents is 1. The van der Waals surface area contributed by atoms with Crippen molar-refractivity contribution >= 4 is 52.2 Å². The summed E-state index contributed by atoms with van der Waals surface area (Å²) in [6.45, 7) is 0. The lowest BCUT2D eigenvalue weighted by Gasteiger charge is -2.23. The number of nitrogens with zero attached hydrogens (tertiary/aromatic N) is 2. The third-order valence-electron chi connectivity index (χ3n) is 4.68. The van der Waals surface area contributed by atoms with E-state index in [9.17, 15) is 24.5 Å². The number of fused-ring (bicyclic) bond motifs is 1. The van der Waals surface area contributed by atoms with E-state index >= 15 is 0 Å². The predicted octanol–water partition coefficient (Wildman–Crippen LogP) is 3.14. The van der Waals surface area contributed by atoms with Crippen LogP contribution in [0.5, 0.6) is 0 Å². The van der Waals surface area contributed by atoms with Crippen LogP contribution < -0.4 is 21.5 Å². The van der Waals surface area contributed by atoms with E-state index in [1.807, 2.05) is 0 Å². The van der Waals surface area contributed by atoms with E-state index < -0.39 is 28.2 Å². The molecule has 2 amide bonds. The lowest BCUT2D eigenvalue weighted by Crippen LogP contribution is -2.36. The van der Waals surface area contributed by atoms with Crippen molar-refractivity contribution in [3.8, 4) is 0 Å². The van der Waals surface area contributed by atoms with E-state index in [4.69, 9.17) is 11.6 Å². The molecule has 2 heterocycles. The first-order valence-corrected chi connectivity index (χ1v) is 9.70. The van der Waals surface area contributed by atoms with Crippen LogP contribution in [-0.2, 0) is 9.59 Å². The second-order valence-corrected chi connectivity index (χ2v) is 7.35. The number of hydrogen-bond donors (Lipinski definition) is 4. The maximum Gasteiger partial charge on any atom is 0.271 e. The first-order chi connectivity index (χ1) is 15.3. The number of carbonyl (C=O) groups excluding carboxylic acids is 2. The van der Waals surface area contributed by atoms with Gasteiger partial charge in [-0.05, 0) is 24.3 Å². The second-order valence-electron chi connectivity index (χ2n) is 6.91. The molecule has 0 aliphatic carbocycles. The van der Waals surface area contributed by atoms with Gasteiger partial charge in [0.1, 0.15) is 5.82 Å². The van der Waals surface area contributed by atoms with Crippen LogP contribution in [0.25, 0.3) is 0 Å². The summed E-state index contributed by atoms with van der Waals surface area (Å²) in [6, 6.07) is 12.1. The summed E-state index contributed by atoms with van der Waals surface area (Å²) in [5, 5.41) is 19.3. The maximum atomic E-state index is 12.9. The van der Waals surface area contributed by atoms with E-state index in [0.29, 0.717) is 10.7 Å². The first-order valence-electron chi connectivity index (χ1n) is 9.32. The van der Waals surface area contributed by atoms with Crippen LogP contribution in [0.3, 0.4) is 0 Å². The molecule has 4 N–H and O–H groups in total. The summed E-state index contributed by atoms with van der Waals surface area (Å²) in [4.78, 5) is 54.9. The minimum atomic E-state index is -1.13. The highest BCUT2D eigenvalue weighted by molar-refractivity contribution is 6.30. The number of halogens is 1. The van der Waals surface area contributed by atoms with Gasteiger partial charge in [0.2, 0.25) is 17.8 Å². The van der Waals surface area contributed by atoms with Crippen molar-refractivity contribution in [2.24, 2.45) is 0 Å². The van der Waals surface area contributed by atoms with E-state index in [-0.39, 0.29) is 35.1 Å². The van der Waals surface area contributed by atoms with Crippen molar-refractivity contribution in [2.75, 3.05) is 16.0 Å². The molecule has 0 radical (unpaired) electrons. The fourth-order valence-corrected chi connectivity index (χ4v) is 3.47. The number of nitro groups is 1. The number of aromatic nitrogens is 2. The van der Waals surface area contributed by atoms with Gasteiger partial charge in [0, 0.05) is 35.0 Å². The molecule has 12 heteroatoms. The lowest BCUT2D eigenvalue weighted by molar-refractivity contribution is -0.384. The summed E-state index contributed by atoms with van der Waals surface area (Å²) >= 11 is 5.95. The topological polar surface area (TPSA) is 159 Å².